The summed E-state index contributed by atoms with van der Waals surface area (Å²) < 4.78 is 12.8. The Hall–Kier alpha value is -1.66. The molecule has 4 N–H and O–H groups in total. The van der Waals surface area contributed by atoms with Crippen molar-refractivity contribution in [3.63, 3.8) is 0 Å². The Morgan fingerprint density at radius 2 is 2.05 bits per heavy atom. The third kappa shape index (κ3) is 8.44. The van der Waals surface area contributed by atoms with Gasteiger partial charge < -0.3 is 20.6 Å². The molecule has 1 rings (SSSR count). The SMILES string of the molecule is CC(=O)O.CCCCNC[C@H](O)c1ccc(F)c(O)c1. The predicted molar refractivity (Wildman–Crippen MR) is 74.1 cm³/mol. The molecule has 0 radical (unpaired) electrons. The number of carboxylic acids is 1. The summed E-state index contributed by atoms with van der Waals surface area (Å²) in [5.74, 6) is -1.93. The van der Waals surface area contributed by atoms with Crippen LogP contribution in [0.5, 0.6) is 5.75 Å². The van der Waals surface area contributed by atoms with Gasteiger partial charge >= 0.3 is 0 Å². The maximum absolute atomic E-state index is 12.8. The number of aromatic hydroxyl groups is 1. The van der Waals surface area contributed by atoms with Crippen LogP contribution in [0, 0.1) is 5.82 Å². The molecule has 0 aliphatic heterocycles. The Bertz CT molecular complexity index is 408. The van der Waals surface area contributed by atoms with Crippen molar-refractivity contribution in [3.05, 3.63) is 29.6 Å². The summed E-state index contributed by atoms with van der Waals surface area (Å²) in [7, 11) is 0. The second-order valence-corrected chi connectivity index (χ2v) is 4.30. The molecule has 0 aliphatic carbocycles. The van der Waals surface area contributed by atoms with Crippen LogP contribution in [0.15, 0.2) is 18.2 Å². The van der Waals surface area contributed by atoms with E-state index in [9.17, 15) is 9.50 Å². The van der Waals surface area contributed by atoms with Crippen LogP contribution in [0.2, 0.25) is 0 Å². The van der Waals surface area contributed by atoms with Crippen molar-refractivity contribution in [2.45, 2.75) is 32.8 Å². The highest BCUT2D eigenvalue weighted by atomic mass is 19.1. The van der Waals surface area contributed by atoms with Crippen LogP contribution in [0.25, 0.3) is 0 Å². The molecule has 0 bridgehead atoms. The number of carbonyl (C=O) groups is 1. The van der Waals surface area contributed by atoms with E-state index in [0.717, 1.165) is 32.4 Å². The average molecular weight is 287 g/mol. The summed E-state index contributed by atoms with van der Waals surface area (Å²) in [6.45, 7) is 4.43. The average Bonchev–Trinajstić information content (AvgIpc) is 2.37. The van der Waals surface area contributed by atoms with Crippen LogP contribution >= 0.6 is 0 Å². The molecular formula is C14H22FNO4. The van der Waals surface area contributed by atoms with E-state index < -0.39 is 23.6 Å². The molecule has 114 valence electrons. The first-order valence-corrected chi connectivity index (χ1v) is 6.45. The number of phenolic OH excluding ortho intramolecular Hbond substituents is 1. The van der Waals surface area contributed by atoms with Gasteiger partial charge in [0.15, 0.2) is 11.6 Å². The quantitative estimate of drug-likeness (QED) is 0.601. The minimum Gasteiger partial charge on any atom is -0.505 e. The topological polar surface area (TPSA) is 89.8 Å². The van der Waals surface area contributed by atoms with Gasteiger partial charge in [-0.3, -0.25) is 4.79 Å². The van der Waals surface area contributed by atoms with Crippen molar-refractivity contribution >= 4 is 5.97 Å². The van der Waals surface area contributed by atoms with E-state index in [1.807, 2.05) is 0 Å². The van der Waals surface area contributed by atoms with Gasteiger partial charge in [-0.25, -0.2) is 4.39 Å². The lowest BCUT2D eigenvalue weighted by atomic mass is 10.1. The number of carboxylic acid groups (broad SMARTS) is 1. The molecule has 1 atom stereocenters. The first-order chi connectivity index (χ1) is 9.38. The zero-order valence-corrected chi connectivity index (χ0v) is 11.8. The predicted octanol–water partition coefficient (Wildman–Crippen LogP) is 2.05. The highest BCUT2D eigenvalue weighted by Crippen LogP contribution is 2.21. The molecule has 0 aromatic heterocycles. The Morgan fingerprint density at radius 3 is 2.55 bits per heavy atom. The van der Waals surface area contributed by atoms with Gasteiger partial charge in [0, 0.05) is 13.5 Å². The molecular weight excluding hydrogens is 265 g/mol. The van der Waals surface area contributed by atoms with Crippen LogP contribution < -0.4 is 5.32 Å². The van der Waals surface area contributed by atoms with Gasteiger partial charge in [-0.15, -0.1) is 0 Å². The molecule has 0 saturated carbocycles. The molecule has 1 aromatic rings. The summed E-state index contributed by atoms with van der Waals surface area (Å²) in [5.41, 5.74) is 0.517. The Labute approximate surface area is 118 Å². The summed E-state index contributed by atoms with van der Waals surface area (Å²) in [6, 6.07) is 3.88. The molecule has 0 spiro atoms. The largest absolute Gasteiger partial charge is 0.505 e. The van der Waals surface area contributed by atoms with Gasteiger partial charge in [0.25, 0.3) is 5.97 Å². The minimum atomic E-state index is -0.833. The van der Waals surface area contributed by atoms with Crippen molar-refractivity contribution in [2.24, 2.45) is 0 Å². The smallest absolute Gasteiger partial charge is 0.300 e. The fraction of sp³-hybridized carbons (Fsp3) is 0.500. The third-order valence-electron chi connectivity index (χ3n) is 2.40. The monoisotopic (exact) mass is 287 g/mol. The number of nitrogens with one attached hydrogen (secondary N) is 1. The maximum Gasteiger partial charge on any atom is 0.300 e. The number of aliphatic hydroxyl groups excluding tert-OH is 1. The van der Waals surface area contributed by atoms with Gasteiger partial charge in [-0.05, 0) is 30.7 Å². The molecule has 0 saturated heterocycles. The van der Waals surface area contributed by atoms with Crippen LogP contribution in [0.4, 0.5) is 4.39 Å². The zero-order valence-electron chi connectivity index (χ0n) is 11.8. The number of hydrogen-bond acceptors (Lipinski definition) is 4. The number of phenols is 1. The highest BCUT2D eigenvalue weighted by Gasteiger charge is 2.09. The van der Waals surface area contributed by atoms with Gasteiger partial charge in [0.05, 0.1) is 6.10 Å². The summed E-state index contributed by atoms with van der Waals surface area (Å²) in [4.78, 5) is 9.00. The number of hydrogen-bond donors (Lipinski definition) is 4. The lowest BCUT2D eigenvalue weighted by Crippen LogP contribution is -2.22. The molecule has 0 unspecified atom stereocenters. The number of halogens is 1. The molecule has 0 heterocycles. The first kappa shape index (κ1) is 18.3. The van der Waals surface area contributed by atoms with E-state index in [1.165, 1.54) is 12.1 Å². The van der Waals surface area contributed by atoms with Gasteiger partial charge in [0.1, 0.15) is 0 Å². The summed E-state index contributed by atoms with van der Waals surface area (Å²) in [5, 5.41) is 29.4. The molecule has 0 amide bonds. The second kappa shape index (κ2) is 10.2. The fourth-order valence-corrected chi connectivity index (χ4v) is 1.40. The van der Waals surface area contributed by atoms with Crippen molar-refractivity contribution < 1.29 is 24.5 Å². The van der Waals surface area contributed by atoms with Crippen LogP contribution in [-0.2, 0) is 4.79 Å². The molecule has 0 aliphatic rings. The molecule has 20 heavy (non-hydrogen) atoms. The molecule has 0 fully saturated rings. The normalized spacial score (nSPS) is 11.4. The summed E-state index contributed by atoms with van der Waals surface area (Å²) >= 11 is 0. The number of unbranched alkanes of at least 4 members (excludes halogenated alkanes) is 1. The van der Waals surface area contributed by atoms with Crippen molar-refractivity contribution in [2.75, 3.05) is 13.1 Å². The minimum absolute atomic E-state index is 0.408. The van der Waals surface area contributed by atoms with E-state index >= 15 is 0 Å². The lowest BCUT2D eigenvalue weighted by molar-refractivity contribution is -0.134. The van der Waals surface area contributed by atoms with Crippen LogP contribution in [-0.4, -0.2) is 34.4 Å². The Kier molecular flexibility index (Phi) is 9.32. The maximum atomic E-state index is 12.8. The van der Waals surface area contributed by atoms with E-state index in [1.54, 1.807) is 0 Å². The van der Waals surface area contributed by atoms with Crippen molar-refractivity contribution in [1.82, 2.24) is 5.32 Å². The Morgan fingerprint density at radius 1 is 1.45 bits per heavy atom. The van der Waals surface area contributed by atoms with E-state index in [4.69, 9.17) is 15.0 Å². The third-order valence-corrected chi connectivity index (χ3v) is 2.40. The van der Waals surface area contributed by atoms with Crippen LogP contribution in [0.1, 0.15) is 38.4 Å². The number of rotatable bonds is 6. The number of aliphatic hydroxyl groups is 1. The molecule has 1 aromatic carbocycles. The van der Waals surface area contributed by atoms with Crippen molar-refractivity contribution in [3.8, 4) is 5.75 Å². The lowest BCUT2D eigenvalue weighted by Gasteiger charge is -2.12. The Balaban J connectivity index is 0.000000796. The number of benzene rings is 1. The number of aliphatic carboxylic acids is 1. The first-order valence-electron chi connectivity index (χ1n) is 6.45. The molecule has 6 heteroatoms. The van der Waals surface area contributed by atoms with E-state index in [-0.39, 0.29) is 0 Å². The fourth-order valence-electron chi connectivity index (χ4n) is 1.40. The molecule has 5 nitrogen and oxygen atoms in total. The summed E-state index contributed by atoms with van der Waals surface area (Å²) in [6.07, 6.45) is 1.44. The van der Waals surface area contributed by atoms with Gasteiger partial charge in [-0.1, -0.05) is 19.4 Å². The zero-order chi connectivity index (χ0) is 15.5. The van der Waals surface area contributed by atoms with E-state index in [2.05, 4.69) is 12.2 Å². The second-order valence-electron chi connectivity index (χ2n) is 4.30. The van der Waals surface area contributed by atoms with Crippen LogP contribution in [0.3, 0.4) is 0 Å². The van der Waals surface area contributed by atoms with E-state index in [0.29, 0.717) is 12.1 Å². The van der Waals surface area contributed by atoms with Crippen molar-refractivity contribution in [1.29, 1.82) is 0 Å². The van der Waals surface area contributed by atoms with Gasteiger partial charge in [0.2, 0.25) is 0 Å². The van der Waals surface area contributed by atoms with Gasteiger partial charge in [-0.2, -0.15) is 0 Å². The standard InChI is InChI=1S/C12H18FNO2.C2H4O2/c1-2-3-6-14-8-12(16)9-4-5-10(13)11(15)7-9;1-2(3)4/h4-5,7,12,14-16H,2-3,6,8H2,1H3;1H3,(H,3,4)/t12-;/m0./s1. The highest BCUT2D eigenvalue weighted by molar-refractivity contribution is 5.62.